The maximum atomic E-state index is 13.3. The van der Waals surface area contributed by atoms with Gasteiger partial charge in [0.2, 0.25) is 15.9 Å². The van der Waals surface area contributed by atoms with Crippen molar-refractivity contribution < 1.29 is 18.3 Å². The molecule has 1 aromatic carbocycles. The van der Waals surface area contributed by atoms with Crippen molar-refractivity contribution in [2.45, 2.75) is 56.4 Å². The van der Waals surface area contributed by atoms with Gasteiger partial charge < -0.3 is 14.6 Å². The topological polar surface area (TPSA) is 95.7 Å². The van der Waals surface area contributed by atoms with Crippen LogP contribution < -0.4 is 0 Å². The van der Waals surface area contributed by atoms with Gasteiger partial charge in [-0.2, -0.15) is 0 Å². The van der Waals surface area contributed by atoms with E-state index in [1.807, 2.05) is 18.6 Å². The summed E-state index contributed by atoms with van der Waals surface area (Å²) in [5.41, 5.74) is 3.34. The van der Waals surface area contributed by atoms with Crippen LogP contribution in [0.25, 0.3) is 11.3 Å². The number of carbonyl (C=O) groups is 1. The molecule has 34 heavy (non-hydrogen) atoms. The summed E-state index contributed by atoms with van der Waals surface area (Å²) >= 11 is 0. The summed E-state index contributed by atoms with van der Waals surface area (Å²) in [6.45, 7) is 3.49. The third-order valence-electron chi connectivity index (χ3n) is 8.99. The second-order valence-corrected chi connectivity index (χ2v) is 12.8. The SMILES string of the molecule is CC(=O)N1CCC(S(=O)(=O)N2CCC3(CC2)C[C@@H]([C@H]2c4ccccc4-c4cncn42)[C@H]3O)CC1. The summed E-state index contributed by atoms with van der Waals surface area (Å²) in [6.07, 6.45) is 6.60. The number of aliphatic hydroxyl groups is 1. The standard InChI is InChI=1S/C25H32N4O4S/c1-17(30)27-10-6-18(7-11-27)34(32,33)28-12-8-25(9-13-28)14-21(24(25)31)23-20-5-3-2-4-19(20)22-15-26-16-29(22)23/h2-5,15-16,18,21,23-24,31H,6-14H2,1H3/t21-,23+,24+/m0/s1. The monoisotopic (exact) mass is 484 g/mol. The molecule has 4 heterocycles. The number of imidazole rings is 1. The van der Waals surface area contributed by atoms with Gasteiger partial charge in [0.1, 0.15) is 0 Å². The van der Waals surface area contributed by atoms with Crippen LogP contribution >= 0.6 is 0 Å². The molecule has 9 heteroatoms. The van der Waals surface area contributed by atoms with Crippen LogP contribution in [0.5, 0.6) is 0 Å². The largest absolute Gasteiger partial charge is 0.392 e. The van der Waals surface area contributed by atoms with Gasteiger partial charge in [0.25, 0.3) is 0 Å². The summed E-state index contributed by atoms with van der Waals surface area (Å²) in [5.74, 6) is 0.118. The molecule has 8 nitrogen and oxygen atoms in total. The van der Waals surface area contributed by atoms with Crippen LogP contribution in [0, 0.1) is 11.3 Å². The lowest BCUT2D eigenvalue weighted by atomic mass is 9.53. The zero-order valence-electron chi connectivity index (χ0n) is 19.5. The first-order chi connectivity index (χ1) is 16.3. The predicted octanol–water partition coefficient (Wildman–Crippen LogP) is 2.26. The fraction of sp³-hybridized carbons (Fsp3) is 0.600. The van der Waals surface area contributed by atoms with E-state index in [-0.39, 0.29) is 23.3 Å². The molecule has 182 valence electrons. The highest BCUT2D eigenvalue weighted by atomic mass is 32.2. The molecule has 0 bridgehead atoms. The van der Waals surface area contributed by atoms with Crippen molar-refractivity contribution in [2.24, 2.45) is 11.3 Å². The first kappa shape index (κ1) is 22.2. The van der Waals surface area contributed by atoms with Gasteiger partial charge in [-0.3, -0.25) is 4.79 Å². The molecule has 1 saturated carbocycles. The Kier molecular flexibility index (Phi) is 5.17. The third-order valence-corrected chi connectivity index (χ3v) is 11.4. The van der Waals surface area contributed by atoms with E-state index in [2.05, 4.69) is 27.8 Å². The molecule has 2 aromatic rings. The number of hydrogen-bond acceptors (Lipinski definition) is 5. The summed E-state index contributed by atoms with van der Waals surface area (Å²) in [7, 11) is -3.39. The van der Waals surface area contributed by atoms with Gasteiger partial charge in [-0.25, -0.2) is 17.7 Å². The van der Waals surface area contributed by atoms with Crippen molar-refractivity contribution in [2.75, 3.05) is 26.2 Å². The van der Waals surface area contributed by atoms with Gasteiger partial charge in [-0.1, -0.05) is 24.3 Å². The molecule has 0 unspecified atom stereocenters. The number of piperidine rings is 2. The van der Waals surface area contributed by atoms with Gasteiger partial charge in [0.05, 0.1) is 35.6 Å². The Labute approximate surface area is 200 Å². The number of sulfonamides is 1. The molecule has 3 aliphatic heterocycles. The van der Waals surface area contributed by atoms with E-state index in [1.165, 1.54) is 18.1 Å². The summed E-state index contributed by atoms with van der Waals surface area (Å²) in [5, 5.41) is 11.0. The van der Waals surface area contributed by atoms with Gasteiger partial charge in [-0.05, 0) is 43.1 Å². The van der Waals surface area contributed by atoms with E-state index in [4.69, 9.17) is 0 Å². The van der Waals surface area contributed by atoms with Crippen molar-refractivity contribution in [3.63, 3.8) is 0 Å². The first-order valence-electron chi connectivity index (χ1n) is 12.4. The molecule has 1 aromatic heterocycles. The van der Waals surface area contributed by atoms with Crippen LogP contribution in [-0.4, -0.2) is 75.7 Å². The molecule has 3 atom stereocenters. The average Bonchev–Trinajstić information content (AvgIpc) is 3.44. The Balaban J connectivity index is 1.13. The van der Waals surface area contributed by atoms with E-state index in [9.17, 15) is 18.3 Å². The van der Waals surface area contributed by atoms with Crippen LogP contribution in [0.3, 0.4) is 0 Å². The van der Waals surface area contributed by atoms with E-state index in [0.717, 1.165) is 12.1 Å². The van der Waals surface area contributed by atoms with Crippen molar-refractivity contribution in [3.05, 3.63) is 42.4 Å². The van der Waals surface area contributed by atoms with E-state index >= 15 is 0 Å². The highest BCUT2D eigenvalue weighted by Gasteiger charge is 2.58. The zero-order chi connectivity index (χ0) is 23.7. The first-order valence-corrected chi connectivity index (χ1v) is 13.9. The average molecular weight is 485 g/mol. The minimum atomic E-state index is -3.39. The van der Waals surface area contributed by atoms with Crippen LogP contribution in [0.2, 0.25) is 0 Å². The maximum absolute atomic E-state index is 13.3. The second-order valence-electron chi connectivity index (χ2n) is 10.5. The molecule has 0 radical (unpaired) electrons. The summed E-state index contributed by atoms with van der Waals surface area (Å²) < 4.78 is 30.4. The van der Waals surface area contributed by atoms with E-state index < -0.39 is 21.4 Å². The molecule has 1 N–H and O–H groups in total. The smallest absolute Gasteiger partial charge is 0.219 e. The number of aromatic nitrogens is 2. The number of benzene rings is 1. The van der Waals surface area contributed by atoms with Crippen molar-refractivity contribution >= 4 is 15.9 Å². The van der Waals surface area contributed by atoms with Crippen molar-refractivity contribution in [3.8, 4) is 11.3 Å². The fourth-order valence-corrected chi connectivity index (χ4v) is 8.87. The fourth-order valence-electron chi connectivity index (χ4n) is 6.95. The van der Waals surface area contributed by atoms with E-state index in [0.29, 0.717) is 51.9 Å². The van der Waals surface area contributed by atoms with E-state index in [1.54, 1.807) is 9.21 Å². The lowest BCUT2D eigenvalue weighted by Gasteiger charge is -2.57. The molecule has 3 fully saturated rings. The van der Waals surface area contributed by atoms with Gasteiger partial charge >= 0.3 is 0 Å². The van der Waals surface area contributed by atoms with Gasteiger partial charge in [0.15, 0.2) is 0 Å². The highest BCUT2D eigenvalue weighted by Crippen LogP contribution is 2.59. The lowest BCUT2D eigenvalue weighted by Crippen LogP contribution is -2.60. The quantitative estimate of drug-likeness (QED) is 0.721. The Bertz CT molecular complexity index is 1210. The van der Waals surface area contributed by atoms with Crippen molar-refractivity contribution in [1.82, 2.24) is 18.8 Å². The number of fused-ring (bicyclic) bond motifs is 3. The maximum Gasteiger partial charge on any atom is 0.219 e. The Morgan fingerprint density at radius 1 is 1.12 bits per heavy atom. The number of nitrogens with zero attached hydrogens (tertiary/aromatic N) is 4. The normalized spacial score (nSPS) is 29.0. The molecule has 4 aliphatic rings. The minimum Gasteiger partial charge on any atom is -0.392 e. The zero-order valence-corrected chi connectivity index (χ0v) is 20.3. The summed E-state index contributed by atoms with van der Waals surface area (Å²) in [6, 6.07) is 8.45. The molecule has 2 saturated heterocycles. The van der Waals surface area contributed by atoms with Crippen LogP contribution in [0.4, 0.5) is 0 Å². The van der Waals surface area contributed by atoms with Crippen LogP contribution in [-0.2, 0) is 14.8 Å². The lowest BCUT2D eigenvalue weighted by molar-refractivity contribution is -0.152. The molecule has 1 spiro atoms. The third kappa shape index (κ3) is 3.20. The number of likely N-dealkylation sites (tertiary alicyclic amines) is 1. The minimum absolute atomic E-state index is 0.0111. The molecular weight excluding hydrogens is 452 g/mol. The number of rotatable bonds is 3. The predicted molar refractivity (Wildman–Crippen MR) is 127 cm³/mol. The summed E-state index contributed by atoms with van der Waals surface area (Å²) in [4.78, 5) is 17.7. The number of aliphatic hydroxyl groups excluding tert-OH is 1. The number of hydrogen-bond donors (Lipinski definition) is 1. The Hall–Kier alpha value is -2.23. The second kappa shape index (κ2) is 7.90. The molecule has 6 rings (SSSR count). The van der Waals surface area contributed by atoms with Crippen molar-refractivity contribution in [1.29, 1.82) is 0 Å². The van der Waals surface area contributed by atoms with Crippen LogP contribution in [0.1, 0.15) is 50.6 Å². The Morgan fingerprint density at radius 3 is 2.50 bits per heavy atom. The van der Waals surface area contributed by atoms with Crippen LogP contribution in [0.15, 0.2) is 36.8 Å². The molecule has 1 aliphatic carbocycles. The molecule has 1 amide bonds. The van der Waals surface area contributed by atoms with Gasteiger partial charge in [0, 0.05) is 44.6 Å². The number of amides is 1. The molecular formula is C25H32N4O4S. The van der Waals surface area contributed by atoms with Gasteiger partial charge in [-0.15, -0.1) is 0 Å². The Morgan fingerprint density at radius 2 is 1.82 bits per heavy atom. The number of carbonyl (C=O) groups excluding carboxylic acids is 1. The highest BCUT2D eigenvalue weighted by molar-refractivity contribution is 7.89.